The Labute approximate surface area is 102 Å². The Balaban J connectivity index is 1.64. The van der Waals surface area contributed by atoms with E-state index < -0.39 is 0 Å². The van der Waals surface area contributed by atoms with Crippen molar-refractivity contribution in [1.82, 2.24) is 20.4 Å². The van der Waals surface area contributed by atoms with Crippen molar-refractivity contribution in [3.05, 3.63) is 18.0 Å². The largest absolute Gasteiger partial charge is 0.356 e. The van der Waals surface area contributed by atoms with E-state index in [0.717, 1.165) is 31.6 Å². The van der Waals surface area contributed by atoms with Gasteiger partial charge < -0.3 is 10.6 Å². The van der Waals surface area contributed by atoms with Crippen LogP contribution in [0.2, 0.25) is 0 Å². The summed E-state index contributed by atoms with van der Waals surface area (Å²) in [6, 6.07) is 1.98. The van der Waals surface area contributed by atoms with Crippen LogP contribution in [-0.4, -0.2) is 35.3 Å². The maximum absolute atomic E-state index is 11.7. The first kappa shape index (κ1) is 12.1. The fourth-order valence-electron chi connectivity index (χ4n) is 2.20. The molecule has 0 saturated carbocycles. The Hall–Kier alpha value is -1.36. The van der Waals surface area contributed by atoms with E-state index in [1.807, 2.05) is 17.8 Å². The monoisotopic (exact) mass is 236 g/mol. The number of hydrogen-bond acceptors (Lipinski definition) is 3. The third kappa shape index (κ3) is 3.56. The summed E-state index contributed by atoms with van der Waals surface area (Å²) in [6.07, 6.45) is 4.39. The predicted octanol–water partition coefficient (Wildman–Crippen LogP) is 0.0784. The molecule has 5 nitrogen and oxygen atoms in total. The summed E-state index contributed by atoms with van der Waals surface area (Å²) >= 11 is 0. The summed E-state index contributed by atoms with van der Waals surface area (Å²) in [5.41, 5.74) is 1.15. The molecular weight excluding hydrogens is 216 g/mol. The molecule has 1 aromatic heterocycles. The van der Waals surface area contributed by atoms with Crippen LogP contribution in [0.25, 0.3) is 0 Å². The van der Waals surface area contributed by atoms with Gasteiger partial charge in [0, 0.05) is 38.3 Å². The van der Waals surface area contributed by atoms with Crippen molar-refractivity contribution in [2.75, 3.05) is 19.6 Å². The first-order valence-corrected chi connectivity index (χ1v) is 6.20. The molecule has 0 aliphatic carbocycles. The van der Waals surface area contributed by atoms with Gasteiger partial charge in [0.1, 0.15) is 0 Å². The molecule has 1 aliphatic heterocycles. The highest BCUT2D eigenvalue weighted by Gasteiger charge is 2.17. The maximum atomic E-state index is 11.7. The van der Waals surface area contributed by atoms with Crippen LogP contribution in [0.3, 0.4) is 0 Å². The molecule has 1 aliphatic rings. The third-order valence-corrected chi connectivity index (χ3v) is 3.26. The van der Waals surface area contributed by atoms with E-state index in [-0.39, 0.29) is 5.91 Å². The molecule has 0 aromatic carbocycles. The minimum atomic E-state index is 0.167. The second-order valence-electron chi connectivity index (χ2n) is 4.61. The summed E-state index contributed by atoms with van der Waals surface area (Å²) in [7, 11) is 1.92. The molecule has 94 valence electrons. The van der Waals surface area contributed by atoms with E-state index in [4.69, 9.17) is 0 Å². The lowest BCUT2D eigenvalue weighted by atomic mass is 10.0. The number of carbonyl (C=O) groups is 1. The smallest absolute Gasteiger partial charge is 0.220 e. The van der Waals surface area contributed by atoms with Crippen molar-refractivity contribution < 1.29 is 4.79 Å². The summed E-state index contributed by atoms with van der Waals surface area (Å²) in [5.74, 6) is 0.688. The molecule has 0 bridgehead atoms. The van der Waals surface area contributed by atoms with Crippen LogP contribution in [0.5, 0.6) is 0 Å². The highest BCUT2D eigenvalue weighted by molar-refractivity contribution is 5.76. The Kier molecular flexibility index (Phi) is 4.14. The molecule has 1 amide bonds. The molecule has 2 N–H and O–H groups in total. The zero-order valence-corrected chi connectivity index (χ0v) is 10.3. The molecule has 2 heterocycles. The average molecular weight is 236 g/mol. The normalized spacial score (nSPS) is 19.5. The van der Waals surface area contributed by atoms with Crippen LogP contribution in [0, 0.1) is 5.92 Å². The number of nitrogens with zero attached hydrogens (tertiary/aromatic N) is 2. The number of amides is 1. The molecule has 0 radical (unpaired) electrons. The number of hydrogen-bond donors (Lipinski definition) is 2. The van der Waals surface area contributed by atoms with Gasteiger partial charge in [0.2, 0.25) is 5.91 Å². The van der Waals surface area contributed by atoms with Gasteiger partial charge in [-0.2, -0.15) is 5.10 Å². The Morgan fingerprint density at radius 2 is 2.59 bits per heavy atom. The van der Waals surface area contributed by atoms with Gasteiger partial charge in [-0.15, -0.1) is 0 Å². The zero-order chi connectivity index (χ0) is 12.1. The highest BCUT2D eigenvalue weighted by atomic mass is 16.1. The van der Waals surface area contributed by atoms with E-state index in [1.54, 1.807) is 6.20 Å². The van der Waals surface area contributed by atoms with Crippen molar-refractivity contribution >= 4 is 5.91 Å². The first-order valence-electron chi connectivity index (χ1n) is 6.20. The number of rotatable bonds is 5. The summed E-state index contributed by atoms with van der Waals surface area (Å²) in [4.78, 5) is 11.7. The summed E-state index contributed by atoms with van der Waals surface area (Å²) in [6.45, 7) is 2.72. The molecule has 5 heteroatoms. The lowest BCUT2D eigenvalue weighted by Gasteiger charge is -2.09. The molecular formula is C12H20N4O. The standard InChI is InChI=1S/C12H20N4O/c1-16-11(4-7-15-16)3-6-14-12(17)8-10-2-5-13-9-10/h4,7,10,13H,2-3,5-6,8-9H2,1H3,(H,14,17). The van der Waals surface area contributed by atoms with Gasteiger partial charge in [-0.1, -0.05) is 0 Å². The van der Waals surface area contributed by atoms with E-state index >= 15 is 0 Å². The van der Waals surface area contributed by atoms with Crippen LogP contribution in [0.15, 0.2) is 12.3 Å². The molecule has 1 atom stereocenters. The van der Waals surface area contributed by atoms with Crippen LogP contribution in [0.1, 0.15) is 18.5 Å². The lowest BCUT2D eigenvalue weighted by Crippen LogP contribution is -2.28. The van der Waals surface area contributed by atoms with Gasteiger partial charge in [-0.25, -0.2) is 0 Å². The quantitative estimate of drug-likeness (QED) is 0.761. The minimum Gasteiger partial charge on any atom is -0.356 e. The van der Waals surface area contributed by atoms with E-state index in [1.165, 1.54) is 0 Å². The predicted molar refractivity (Wildman–Crippen MR) is 65.5 cm³/mol. The van der Waals surface area contributed by atoms with E-state index in [0.29, 0.717) is 18.9 Å². The van der Waals surface area contributed by atoms with Crippen molar-refractivity contribution in [1.29, 1.82) is 0 Å². The Morgan fingerprint density at radius 1 is 1.71 bits per heavy atom. The van der Waals surface area contributed by atoms with Crippen LogP contribution >= 0.6 is 0 Å². The van der Waals surface area contributed by atoms with E-state index in [9.17, 15) is 4.79 Å². The lowest BCUT2D eigenvalue weighted by molar-refractivity contribution is -0.121. The van der Waals surface area contributed by atoms with Crippen molar-refractivity contribution in [2.45, 2.75) is 19.3 Å². The minimum absolute atomic E-state index is 0.167. The molecule has 1 fully saturated rings. The Bertz CT molecular complexity index is 368. The molecule has 1 unspecified atom stereocenters. The zero-order valence-electron chi connectivity index (χ0n) is 10.3. The van der Waals surface area contributed by atoms with Crippen LogP contribution < -0.4 is 10.6 Å². The molecule has 0 spiro atoms. The summed E-state index contributed by atoms with van der Waals surface area (Å²) < 4.78 is 1.84. The maximum Gasteiger partial charge on any atom is 0.220 e. The van der Waals surface area contributed by atoms with Gasteiger partial charge in [-0.3, -0.25) is 9.48 Å². The molecule has 1 saturated heterocycles. The van der Waals surface area contributed by atoms with Crippen molar-refractivity contribution in [2.24, 2.45) is 13.0 Å². The second-order valence-corrected chi connectivity index (χ2v) is 4.61. The fraction of sp³-hybridized carbons (Fsp3) is 0.667. The third-order valence-electron chi connectivity index (χ3n) is 3.26. The fourth-order valence-corrected chi connectivity index (χ4v) is 2.20. The number of aryl methyl sites for hydroxylation is 1. The number of aromatic nitrogens is 2. The van der Waals surface area contributed by atoms with Crippen molar-refractivity contribution in [3.63, 3.8) is 0 Å². The first-order chi connectivity index (χ1) is 8.25. The number of carbonyl (C=O) groups excluding carboxylic acids is 1. The molecule has 1 aromatic rings. The van der Waals surface area contributed by atoms with Gasteiger partial charge >= 0.3 is 0 Å². The Morgan fingerprint density at radius 3 is 3.24 bits per heavy atom. The summed E-state index contributed by atoms with van der Waals surface area (Å²) in [5, 5.41) is 10.3. The van der Waals surface area contributed by atoms with Crippen LogP contribution in [-0.2, 0) is 18.3 Å². The van der Waals surface area contributed by atoms with Gasteiger partial charge in [0.25, 0.3) is 0 Å². The van der Waals surface area contributed by atoms with E-state index in [2.05, 4.69) is 15.7 Å². The van der Waals surface area contributed by atoms with Crippen molar-refractivity contribution in [3.8, 4) is 0 Å². The topological polar surface area (TPSA) is 59.0 Å². The highest BCUT2D eigenvalue weighted by Crippen LogP contribution is 2.11. The van der Waals surface area contributed by atoms with Crippen LogP contribution in [0.4, 0.5) is 0 Å². The molecule has 2 rings (SSSR count). The van der Waals surface area contributed by atoms with Gasteiger partial charge in [-0.05, 0) is 31.5 Å². The van der Waals surface area contributed by atoms with Gasteiger partial charge in [0.05, 0.1) is 0 Å². The number of nitrogens with one attached hydrogen (secondary N) is 2. The van der Waals surface area contributed by atoms with Gasteiger partial charge in [0.15, 0.2) is 0 Å². The second kappa shape index (κ2) is 5.82. The average Bonchev–Trinajstić information content (AvgIpc) is 2.91. The molecule has 17 heavy (non-hydrogen) atoms. The SMILES string of the molecule is Cn1nccc1CCNC(=O)CC1CCNC1.